The number of nitrogens with zero attached hydrogens (tertiary/aromatic N) is 1. The summed E-state index contributed by atoms with van der Waals surface area (Å²) >= 11 is 9.50. The van der Waals surface area contributed by atoms with E-state index in [-0.39, 0.29) is 5.78 Å². The van der Waals surface area contributed by atoms with E-state index in [2.05, 4.69) is 34.1 Å². The number of fused-ring (bicyclic) bond motifs is 1. The number of rotatable bonds is 3. The summed E-state index contributed by atoms with van der Waals surface area (Å²) in [7, 11) is 0. The molecule has 0 saturated carbocycles. The summed E-state index contributed by atoms with van der Waals surface area (Å²) in [5.41, 5.74) is 4.44. The minimum absolute atomic E-state index is 0.0372. The SMILES string of the molecule is O=C(c1ccc(Cl)cc1)c1cc(Br)c2cc(-c3ccccc3)ccn12. The van der Waals surface area contributed by atoms with Gasteiger partial charge < -0.3 is 4.40 Å². The molecule has 122 valence electrons. The molecule has 4 heteroatoms. The first kappa shape index (κ1) is 16.1. The summed E-state index contributed by atoms with van der Waals surface area (Å²) in [6.45, 7) is 0. The van der Waals surface area contributed by atoms with Crippen molar-refractivity contribution in [3.8, 4) is 11.1 Å². The third kappa shape index (κ3) is 3.01. The number of pyridine rings is 1. The number of halogens is 2. The molecule has 0 aliphatic carbocycles. The summed E-state index contributed by atoms with van der Waals surface area (Å²) < 4.78 is 2.80. The number of hydrogen-bond acceptors (Lipinski definition) is 1. The molecule has 4 rings (SSSR count). The van der Waals surface area contributed by atoms with Gasteiger partial charge in [-0.2, -0.15) is 0 Å². The van der Waals surface area contributed by atoms with Crippen LogP contribution in [0, 0.1) is 0 Å². The average molecular weight is 411 g/mol. The van der Waals surface area contributed by atoms with Gasteiger partial charge in [-0.1, -0.05) is 41.9 Å². The Balaban J connectivity index is 1.81. The summed E-state index contributed by atoms with van der Waals surface area (Å²) in [5.74, 6) is -0.0372. The van der Waals surface area contributed by atoms with E-state index in [1.807, 2.05) is 40.9 Å². The third-order valence-corrected chi connectivity index (χ3v) is 5.06. The number of aromatic nitrogens is 1. The molecule has 0 amide bonds. The molecule has 0 radical (unpaired) electrons. The predicted octanol–water partition coefficient (Wildman–Crippen LogP) is 6.25. The van der Waals surface area contributed by atoms with Crippen LogP contribution in [-0.2, 0) is 0 Å². The van der Waals surface area contributed by atoms with E-state index in [4.69, 9.17) is 11.6 Å². The number of carbonyl (C=O) groups excluding carboxylic acids is 1. The summed E-state index contributed by atoms with van der Waals surface area (Å²) in [6, 6.07) is 23.1. The van der Waals surface area contributed by atoms with Gasteiger partial charge in [0.15, 0.2) is 0 Å². The highest BCUT2D eigenvalue weighted by Gasteiger charge is 2.16. The van der Waals surface area contributed by atoms with Crippen LogP contribution in [0.3, 0.4) is 0 Å². The standard InChI is InChI=1S/C21H13BrClNO/c22-18-13-20(21(25)15-6-8-17(23)9-7-15)24-11-10-16(12-19(18)24)14-4-2-1-3-5-14/h1-13H. The normalized spacial score (nSPS) is 11.0. The van der Waals surface area contributed by atoms with E-state index in [1.165, 1.54) is 0 Å². The van der Waals surface area contributed by atoms with Crippen LogP contribution in [-0.4, -0.2) is 10.2 Å². The van der Waals surface area contributed by atoms with Crippen LogP contribution in [0.5, 0.6) is 0 Å². The van der Waals surface area contributed by atoms with Gasteiger partial charge in [0, 0.05) is 21.3 Å². The fourth-order valence-electron chi connectivity index (χ4n) is 2.89. The molecular formula is C21H13BrClNO. The highest BCUT2D eigenvalue weighted by atomic mass is 79.9. The van der Waals surface area contributed by atoms with Crippen LogP contribution < -0.4 is 0 Å². The first-order valence-electron chi connectivity index (χ1n) is 7.80. The molecule has 2 nitrogen and oxygen atoms in total. The molecule has 25 heavy (non-hydrogen) atoms. The lowest BCUT2D eigenvalue weighted by molar-refractivity contribution is 0.103. The summed E-state index contributed by atoms with van der Waals surface area (Å²) in [4.78, 5) is 12.9. The Bertz CT molecular complexity index is 1070. The van der Waals surface area contributed by atoms with Gasteiger partial charge in [0.25, 0.3) is 0 Å². The molecule has 0 unspecified atom stereocenters. The van der Waals surface area contributed by atoms with Gasteiger partial charge in [-0.3, -0.25) is 4.79 Å². The second kappa shape index (κ2) is 6.51. The van der Waals surface area contributed by atoms with Crippen molar-refractivity contribution in [1.29, 1.82) is 0 Å². The van der Waals surface area contributed by atoms with E-state index in [1.54, 1.807) is 24.3 Å². The van der Waals surface area contributed by atoms with Crippen molar-refractivity contribution in [2.75, 3.05) is 0 Å². The van der Waals surface area contributed by atoms with E-state index >= 15 is 0 Å². The molecular weight excluding hydrogens is 398 g/mol. The Morgan fingerprint density at radius 1 is 0.880 bits per heavy atom. The molecule has 0 spiro atoms. The Labute approximate surface area is 158 Å². The number of hydrogen-bond donors (Lipinski definition) is 0. The maximum absolute atomic E-state index is 12.9. The maximum Gasteiger partial charge on any atom is 0.209 e. The molecule has 0 saturated heterocycles. The van der Waals surface area contributed by atoms with Crippen molar-refractivity contribution in [2.24, 2.45) is 0 Å². The minimum atomic E-state index is -0.0372. The van der Waals surface area contributed by atoms with Crippen LogP contribution >= 0.6 is 27.5 Å². The number of ketones is 1. The van der Waals surface area contributed by atoms with Crippen LogP contribution in [0.15, 0.2) is 83.5 Å². The first-order chi connectivity index (χ1) is 12.1. The van der Waals surface area contributed by atoms with Gasteiger partial charge in [-0.05, 0) is 69.5 Å². The van der Waals surface area contributed by atoms with Gasteiger partial charge in [0.2, 0.25) is 5.78 Å². The van der Waals surface area contributed by atoms with Crippen molar-refractivity contribution < 1.29 is 4.79 Å². The first-order valence-corrected chi connectivity index (χ1v) is 8.97. The van der Waals surface area contributed by atoms with Gasteiger partial charge in [-0.25, -0.2) is 0 Å². The molecule has 0 atom stereocenters. The fourth-order valence-corrected chi connectivity index (χ4v) is 3.54. The largest absolute Gasteiger partial charge is 0.312 e. The molecule has 0 aliphatic heterocycles. The van der Waals surface area contributed by atoms with Crippen molar-refractivity contribution in [3.05, 3.63) is 99.7 Å². The maximum atomic E-state index is 12.9. The van der Waals surface area contributed by atoms with Crippen molar-refractivity contribution >= 4 is 38.8 Å². The lowest BCUT2D eigenvalue weighted by Gasteiger charge is -2.06. The molecule has 2 heterocycles. The summed E-state index contributed by atoms with van der Waals surface area (Å²) in [5, 5.41) is 0.616. The van der Waals surface area contributed by atoms with Crippen molar-refractivity contribution in [2.45, 2.75) is 0 Å². The zero-order valence-electron chi connectivity index (χ0n) is 13.1. The zero-order chi connectivity index (χ0) is 17.4. The van der Waals surface area contributed by atoms with E-state index in [9.17, 15) is 4.79 Å². The highest BCUT2D eigenvalue weighted by molar-refractivity contribution is 9.10. The summed E-state index contributed by atoms with van der Waals surface area (Å²) in [6.07, 6.45) is 1.94. The second-order valence-electron chi connectivity index (χ2n) is 5.75. The fraction of sp³-hybridized carbons (Fsp3) is 0. The van der Waals surface area contributed by atoms with Gasteiger partial charge in [0.05, 0.1) is 11.2 Å². The second-order valence-corrected chi connectivity index (χ2v) is 7.04. The lowest BCUT2D eigenvalue weighted by Crippen LogP contribution is -2.04. The van der Waals surface area contributed by atoms with Gasteiger partial charge >= 0.3 is 0 Å². The smallest absolute Gasteiger partial charge is 0.209 e. The van der Waals surface area contributed by atoms with Crippen LogP contribution in [0.2, 0.25) is 5.02 Å². The van der Waals surface area contributed by atoms with E-state index < -0.39 is 0 Å². The Morgan fingerprint density at radius 3 is 2.32 bits per heavy atom. The third-order valence-electron chi connectivity index (χ3n) is 4.17. The topological polar surface area (TPSA) is 21.5 Å². The lowest BCUT2D eigenvalue weighted by atomic mass is 10.1. The molecule has 2 aromatic carbocycles. The van der Waals surface area contributed by atoms with E-state index in [0.717, 1.165) is 21.1 Å². The predicted molar refractivity (Wildman–Crippen MR) is 105 cm³/mol. The Kier molecular flexibility index (Phi) is 4.20. The highest BCUT2D eigenvalue weighted by Crippen LogP contribution is 2.29. The van der Waals surface area contributed by atoms with Crippen LogP contribution in [0.25, 0.3) is 16.6 Å². The molecule has 0 aliphatic rings. The average Bonchev–Trinajstić information content (AvgIpc) is 2.99. The van der Waals surface area contributed by atoms with E-state index in [0.29, 0.717) is 16.3 Å². The Morgan fingerprint density at radius 2 is 1.60 bits per heavy atom. The van der Waals surface area contributed by atoms with Crippen molar-refractivity contribution in [1.82, 2.24) is 4.40 Å². The molecule has 4 aromatic rings. The number of benzene rings is 2. The molecule has 0 fully saturated rings. The van der Waals surface area contributed by atoms with Crippen molar-refractivity contribution in [3.63, 3.8) is 0 Å². The molecule has 2 aromatic heterocycles. The van der Waals surface area contributed by atoms with Crippen LogP contribution in [0.4, 0.5) is 0 Å². The van der Waals surface area contributed by atoms with Gasteiger partial charge in [0.1, 0.15) is 0 Å². The quantitative estimate of drug-likeness (QED) is 0.366. The zero-order valence-corrected chi connectivity index (χ0v) is 15.5. The van der Waals surface area contributed by atoms with Gasteiger partial charge in [-0.15, -0.1) is 0 Å². The Hall–Kier alpha value is -2.36. The van der Waals surface area contributed by atoms with Crippen LogP contribution in [0.1, 0.15) is 16.1 Å². The minimum Gasteiger partial charge on any atom is -0.312 e. The number of carbonyl (C=O) groups is 1. The molecule has 0 bridgehead atoms. The molecule has 0 N–H and O–H groups in total. The monoisotopic (exact) mass is 409 g/mol.